The van der Waals surface area contributed by atoms with Crippen LogP contribution in [0.3, 0.4) is 0 Å². The second kappa shape index (κ2) is 5.65. The molecule has 20 heavy (non-hydrogen) atoms. The predicted molar refractivity (Wildman–Crippen MR) is 78.7 cm³/mol. The van der Waals surface area contributed by atoms with Gasteiger partial charge in [-0.25, -0.2) is 9.37 Å². The highest BCUT2D eigenvalue weighted by Gasteiger charge is 2.21. The van der Waals surface area contributed by atoms with Crippen LogP contribution in [0.15, 0.2) is 30.6 Å². The van der Waals surface area contributed by atoms with E-state index in [4.69, 9.17) is 0 Å². The van der Waals surface area contributed by atoms with Gasteiger partial charge >= 0.3 is 0 Å². The van der Waals surface area contributed by atoms with E-state index >= 15 is 0 Å². The Kier molecular flexibility index (Phi) is 3.72. The molecule has 0 radical (unpaired) electrons. The number of benzene rings is 1. The maximum atomic E-state index is 14.7. The summed E-state index contributed by atoms with van der Waals surface area (Å²) >= 11 is 0. The average Bonchev–Trinajstić information content (AvgIpc) is 3.08. The monoisotopic (exact) mass is 273 g/mol. The molecule has 1 aliphatic heterocycles. The van der Waals surface area contributed by atoms with Gasteiger partial charge in [0.2, 0.25) is 0 Å². The summed E-state index contributed by atoms with van der Waals surface area (Å²) in [7, 11) is 0. The number of halogens is 1. The minimum absolute atomic E-state index is 0.338. The van der Waals surface area contributed by atoms with Crippen molar-refractivity contribution in [3.05, 3.63) is 47.5 Å². The number of nitrogens with zero attached hydrogens (tertiary/aromatic N) is 2. The number of fused-ring (bicyclic) bond motifs is 1. The lowest BCUT2D eigenvalue weighted by molar-refractivity contribution is 0.333. The maximum absolute atomic E-state index is 14.7. The summed E-state index contributed by atoms with van der Waals surface area (Å²) in [6.07, 6.45) is 5.03. The molecule has 0 spiro atoms. The molecule has 0 aliphatic carbocycles. The van der Waals surface area contributed by atoms with Gasteiger partial charge in [-0.1, -0.05) is 25.1 Å². The van der Waals surface area contributed by atoms with Crippen LogP contribution in [0, 0.1) is 0 Å². The lowest BCUT2D eigenvalue weighted by atomic mass is 10.0. The average molecular weight is 273 g/mol. The molecule has 0 fully saturated rings. The summed E-state index contributed by atoms with van der Waals surface area (Å²) in [6, 6.07) is 5.91. The Morgan fingerprint density at radius 2 is 2.35 bits per heavy atom. The van der Waals surface area contributed by atoms with E-state index in [9.17, 15) is 4.39 Å². The molecular weight excluding hydrogens is 253 g/mol. The van der Waals surface area contributed by atoms with Crippen molar-refractivity contribution in [3.8, 4) is 0 Å². The van der Waals surface area contributed by atoms with Crippen LogP contribution in [0.2, 0.25) is 0 Å². The van der Waals surface area contributed by atoms with Crippen molar-refractivity contribution in [2.45, 2.75) is 38.9 Å². The second-order valence-corrected chi connectivity index (χ2v) is 5.27. The van der Waals surface area contributed by atoms with Gasteiger partial charge in [0, 0.05) is 43.2 Å². The highest BCUT2D eigenvalue weighted by molar-refractivity contribution is 5.62. The van der Waals surface area contributed by atoms with Gasteiger partial charge in [0.05, 0.1) is 0 Å². The molecule has 1 aromatic carbocycles. The molecule has 106 valence electrons. The van der Waals surface area contributed by atoms with Crippen LogP contribution in [0.1, 0.15) is 36.5 Å². The van der Waals surface area contributed by atoms with Crippen molar-refractivity contribution in [1.82, 2.24) is 9.55 Å². The SMILES string of the molecule is CCCn1ccnc1CC(F)c1cccc2c1NCC2. The van der Waals surface area contributed by atoms with Gasteiger partial charge in [0.1, 0.15) is 12.0 Å². The van der Waals surface area contributed by atoms with E-state index in [1.807, 2.05) is 22.9 Å². The first-order valence-corrected chi connectivity index (χ1v) is 7.29. The summed E-state index contributed by atoms with van der Waals surface area (Å²) in [4.78, 5) is 4.30. The first kappa shape index (κ1) is 13.2. The topological polar surface area (TPSA) is 29.9 Å². The van der Waals surface area contributed by atoms with Crippen LogP contribution in [-0.2, 0) is 19.4 Å². The Hall–Kier alpha value is -1.84. The van der Waals surface area contributed by atoms with Crippen molar-refractivity contribution in [3.63, 3.8) is 0 Å². The normalized spacial score (nSPS) is 14.9. The number of alkyl halides is 1. The van der Waals surface area contributed by atoms with Crippen LogP contribution < -0.4 is 5.32 Å². The standard InChI is InChI=1S/C16H20FN3/c1-2-9-20-10-8-18-15(20)11-14(17)13-5-3-4-12-6-7-19-16(12)13/h3-5,8,10,14,19H,2,6-7,9,11H2,1H3. The van der Waals surface area contributed by atoms with E-state index in [0.29, 0.717) is 6.42 Å². The van der Waals surface area contributed by atoms with Crippen molar-refractivity contribution in [2.24, 2.45) is 0 Å². The molecule has 1 aromatic heterocycles. The highest BCUT2D eigenvalue weighted by atomic mass is 19.1. The van der Waals surface area contributed by atoms with Gasteiger partial charge in [-0.2, -0.15) is 0 Å². The Balaban J connectivity index is 1.81. The zero-order valence-corrected chi connectivity index (χ0v) is 11.8. The molecule has 0 saturated heterocycles. The third-order valence-corrected chi connectivity index (χ3v) is 3.84. The Morgan fingerprint density at radius 1 is 1.45 bits per heavy atom. The number of aromatic nitrogens is 2. The van der Waals surface area contributed by atoms with Crippen molar-refractivity contribution < 1.29 is 4.39 Å². The minimum atomic E-state index is -1.01. The van der Waals surface area contributed by atoms with Crippen LogP contribution in [0.4, 0.5) is 10.1 Å². The number of para-hydroxylation sites is 1. The van der Waals surface area contributed by atoms with Gasteiger partial charge in [0.25, 0.3) is 0 Å². The molecule has 0 amide bonds. The molecular formula is C16H20FN3. The molecule has 1 N–H and O–H groups in total. The van der Waals surface area contributed by atoms with Gasteiger partial charge < -0.3 is 9.88 Å². The molecule has 3 nitrogen and oxygen atoms in total. The van der Waals surface area contributed by atoms with E-state index < -0.39 is 6.17 Å². The predicted octanol–water partition coefficient (Wildman–Crippen LogP) is 3.51. The van der Waals surface area contributed by atoms with Gasteiger partial charge in [-0.05, 0) is 18.4 Å². The van der Waals surface area contributed by atoms with Crippen molar-refractivity contribution >= 4 is 5.69 Å². The fourth-order valence-corrected chi connectivity index (χ4v) is 2.87. The smallest absolute Gasteiger partial charge is 0.134 e. The second-order valence-electron chi connectivity index (χ2n) is 5.27. The zero-order chi connectivity index (χ0) is 13.9. The molecule has 1 atom stereocenters. The number of anilines is 1. The van der Waals surface area contributed by atoms with Crippen LogP contribution in [0.25, 0.3) is 0 Å². The van der Waals surface area contributed by atoms with E-state index in [1.165, 1.54) is 5.56 Å². The van der Waals surface area contributed by atoms with Gasteiger partial charge in [0.15, 0.2) is 0 Å². The summed E-state index contributed by atoms with van der Waals surface area (Å²) in [5, 5.41) is 3.30. The lowest BCUT2D eigenvalue weighted by Crippen LogP contribution is -2.08. The third-order valence-electron chi connectivity index (χ3n) is 3.84. The van der Waals surface area contributed by atoms with Gasteiger partial charge in [-0.3, -0.25) is 0 Å². The summed E-state index contributed by atoms with van der Waals surface area (Å²) < 4.78 is 16.7. The summed E-state index contributed by atoms with van der Waals surface area (Å²) in [5.74, 6) is 0.829. The first-order chi connectivity index (χ1) is 9.79. The van der Waals surface area contributed by atoms with E-state index in [0.717, 1.165) is 43.0 Å². The Bertz CT molecular complexity index is 591. The number of imidazole rings is 1. The maximum Gasteiger partial charge on any atom is 0.134 e. The van der Waals surface area contributed by atoms with Gasteiger partial charge in [-0.15, -0.1) is 0 Å². The summed E-state index contributed by atoms with van der Waals surface area (Å²) in [6.45, 7) is 3.92. The molecule has 2 aromatic rings. The van der Waals surface area contributed by atoms with E-state index in [2.05, 4.69) is 23.3 Å². The van der Waals surface area contributed by atoms with E-state index in [1.54, 1.807) is 6.20 Å². The molecule has 0 saturated carbocycles. The zero-order valence-electron chi connectivity index (χ0n) is 11.8. The van der Waals surface area contributed by atoms with Crippen molar-refractivity contribution in [1.29, 1.82) is 0 Å². The number of nitrogens with one attached hydrogen (secondary N) is 1. The molecule has 3 rings (SSSR count). The number of rotatable bonds is 5. The number of hydrogen-bond acceptors (Lipinski definition) is 2. The van der Waals surface area contributed by atoms with Crippen LogP contribution in [-0.4, -0.2) is 16.1 Å². The largest absolute Gasteiger partial charge is 0.384 e. The fraction of sp³-hybridized carbons (Fsp3) is 0.438. The molecule has 4 heteroatoms. The van der Waals surface area contributed by atoms with E-state index in [-0.39, 0.29) is 0 Å². The fourth-order valence-electron chi connectivity index (χ4n) is 2.87. The number of aryl methyl sites for hydroxylation is 1. The summed E-state index contributed by atoms with van der Waals surface area (Å²) in [5.41, 5.74) is 2.99. The van der Waals surface area contributed by atoms with Crippen LogP contribution >= 0.6 is 0 Å². The molecule has 2 heterocycles. The lowest BCUT2D eigenvalue weighted by Gasteiger charge is -2.14. The molecule has 0 bridgehead atoms. The number of hydrogen-bond donors (Lipinski definition) is 1. The molecule has 1 unspecified atom stereocenters. The quantitative estimate of drug-likeness (QED) is 0.903. The molecule has 1 aliphatic rings. The first-order valence-electron chi connectivity index (χ1n) is 7.29. The Labute approximate surface area is 118 Å². The third kappa shape index (κ3) is 2.42. The Morgan fingerprint density at radius 3 is 3.20 bits per heavy atom. The minimum Gasteiger partial charge on any atom is -0.384 e. The van der Waals surface area contributed by atoms with Crippen LogP contribution in [0.5, 0.6) is 0 Å². The van der Waals surface area contributed by atoms with Crippen molar-refractivity contribution in [2.75, 3.05) is 11.9 Å². The highest BCUT2D eigenvalue weighted by Crippen LogP contribution is 2.34.